The molecule has 1 amide bonds. The van der Waals surface area contributed by atoms with Crippen molar-refractivity contribution in [2.75, 3.05) is 18.4 Å². The van der Waals surface area contributed by atoms with Crippen molar-refractivity contribution >= 4 is 35.6 Å². The van der Waals surface area contributed by atoms with E-state index < -0.39 is 12.0 Å². The average molecular weight is 341 g/mol. The summed E-state index contributed by atoms with van der Waals surface area (Å²) in [5.41, 5.74) is -0.0142. The van der Waals surface area contributed by atoms with Crippen molar-refractivity contribution in [3.05, 3.63) is 23.2 Å². The molecule has 0 saturated carbocycles. The summed E-state index contributed by atoms with van der Waals surface area (Å²) in [6, 6.07) is 4.18. The summed E-state index contributed by atoms with van der Waals surface area (Å²) < 4.78 is 28.5. The first-order chi connectivity index (χ1) is 9.40. The van der Waals surface area contributed by atoms with Crippen LogP contribution in [0.15, 0.2) is 18.2 Å². The smallest absolute Gasteiger partial charge is 0.387 e. The molecule has 1 aliphatic heterocycles. The number of nitrogens with one attached hydrogen (secondary N) is 2. The predicted octanol–water partition coefficient (Wildman–Crippen LogP) is 3.30. The Labute approximate surface area is 132 Å². The van der Waals surface area contributed by atoms with Crippen LogP contribution >= 0.6 is 24.0 Å². The Morgan fingerprint density at radius 3 is 2.76 bits per heavy atom. The third-order valence-corrected chi connectivity index (χ3v) is 3.62. The van der Waals surface area contributed by atoms with Crippen molar-refractivity contribution in [1.82, 2.24) is 5.32 Å². The molecule has 2 rings (SSSR count). The number of carbonyl (C=O) groups is 1. The highest BCUT2D eigenvalue weighted by Crippen LogP contribution is 2.31. The lowest BCUT2D eigenvalue weighted by atomic mass is 9.89. The first kappa shape index (κ1) is 17.9. The molecule has 21 heavy (non-hydrogen) atoms. The molecule has 1 atom stereocenters. The van der Waals surface area contributed by atoms with Crippen molar-refractivity contribution in [2.45, 2.75) is 20.0 Å². The zero-order valence-electron chi connectivity index (χ0n) is 11.3. The molecule has 0 bridgehead atoms. The summed E-state index contributed by atoms with van der Waals surface area (Å²) in [4.78, 5) is 12.2. The van der Waals surface area contributed by atoms with Gasteiger partial charge in [-0.25, -0.2) is 0 Å². The standard InChI is InChI=1S/C13H15ClF2N2O2.ClH/c1-13(4-5-17-7-13)11(19)18-8-2-3-10(9(14)6-8)20-12(15)16;/h2-3,6,12,17H,4-5,7H2,1H3,(H,18,19);1H. The number of amides is 1. The molecule has 1 aliphatic rings. The summed E-state index contributed by atoms with van der Waals surface area (Å²) in [6.45, 7) is 0.347. The first-order valence-electron chi connectivity index (χ1n) is 6.17. The number of rotatable bonds is 4. The lowest BCUT2D eigenvalue weighted by molar-refractivity contribution is -0.123. The topological polar surface area (TPSA) is 50.4 Å². The zero-order chi connectivity index (χ0) is 14.8. The molecule has 0 aliphatic carbocycles. The predicted molar refractivity (Wildman–Crippen MR) is 79.6 cm³/mol. The molecule has 4 nitrogen and oxygen atoms in total. The lowest BCUT2D eigenvalue weighted by Gasteiger charge is -2.21. The largest absolute Gasteiger partial charge is 0.433 e. The minimum Gasteiger partial charge on any atom is -0.433 e. The summed E-state index contributed by atoms with van der Waals surface area (Å²) in [5, 5.41) is 5.90. The van der Waals surface area contributed by atoms with E-state index in [0.717, 1.165) is 13.0 Å². The number of hydrogen-bond acceptors (Lipinski definition) is 3. The van der Waals surface area contributed by atoms with Crippen LogP contribution in [0, 0.1) is 5.41 Å². The molecule has 1 unspecified atom stereocenters. The molecule has 0 spiro atoms. The first-order valence-corrected chi connectivity index (χ1v) is 6.55. The van der Waals surface area contributed by atoms with Gasteiger partial charge >= 0.3 is 6.61 Å². The average Bonchev–Trinajstić information content (AvgIpc) is 2.81. The Morgan fingerprint density at radius 2 is 2.24 bits per heavy atom. The van der Waals surface area contributed by atoms with E-state index in [4.69, 9.17) is 11.6 Å². The SMILES string of the molecule is CC1(C(=O)Nc2ccc(OC(F)F)c(Cl)c2)CCNC1.Cl. The van der Waals surface area contributed by atoms with E-state index in [2.05, 4.69) is 15.4 Å². The number of halogens is 4. The molecule has 2 N–H and O–H groups in total. The Kier molecular flexibility index (Phi) is 6.19. The summed E-state index contributed by atoms with van der Waals surface area (Å²) in [5.74, 6) is -0.241. The van der Waals surface area contributed by atoms with Crippen LogP contribution in [0.2, 0.25) is 5.02 Å². The van der Waals surface area contributed by atoms with Crippen LogP contribution in [0.3, 0.4) is 0 Å². The molecule has 1 heterocycles. The Bertz CT molecular complexity index is 509. The van der Waals surface area contributed by atoms with Crippen molar-refractivity contribution in [3.63, 3.8) is 0 Å². The van der Waals surface area contributed by atoms with Gasteiger partial charge in [-0.05, 0) is 38.1 Å². The van der Waals surface area contributed by atoms with Gasteiger partial charge in [0.1, 0.15) is 5.75 Å². The number of alkyl halides is 2. The van der Waals surface area contributed by atoms with E-state index in [-0.39, 0.29) is 29.1 Å². The fourth-order valence-electron chi connectivity index (χ4n) is 2.06. The third kappa shape index (κ3) is 4.43. The number of anilines is 1. The molecule has 1 fully saturated rings. The van der Waals surface area contributed by atoms with Gasteiger partial charge in [0.15, 0.2) is 0 Å². The molecule has 118 valence electrons. The fraction of sp³-hybridized carbons (Fsp3) is 0.462. The van der Waals surface area contributed by atoms with Gasteiger partial charge in [0.25, 0.3) is 0 Å². The zero-order valence-corrected chi connectivity index (χ0v) is 12.9. The second kappa shape index (κ2) is 7.24. The van der Waals surface area contributed by atoms with E-state index in [1.54, 1.807) is 0 Å². The van der Waals surface area contributed by atoms with Crippen LogP contribution < -0.4 is 15.4 Å². The molecular formula is C13H16Cl2F2N2O2. The molecule has 0 aromatic heterocycles. The van der Waals surface area contributed by atoms with Gasteiger partial charge in [0.05, 0.1) is 10.4 Å². The van der Waals surface area contributed by atoms with Gasteiger partial charge in [0.2, 0.25) is 5.91 Å². The summed E-state index contributed by atoms with van der Waals surface area (Å²) in [6.07, 6.45) is 0.749. The maximum atomic E-state index is 12.2. The van der Waals surface area contributed by atoms with Gasteiger partial charge in [-0.3, -0.25) is 4.79 Å². The minimum atomic E-state index is -2.93. The van der Waals surface area contributed by atoms with Gasteiger partial charge in [-0.2, -0.15) is 8.78 Å². The van der Waals surface area contributed by atoms with Crippen LogP contribution in [-0.4, -0.2) is 25.6 Å². The van der Waals surface area contributed by atoms with Crippen LogP contribution in [-0.2, 0) is 4.79 Å². The number of ether oxygens (including phenoxy) is 1. The highest BCUT2D eigenvalue weighted by Gasteiger charge is 2.36. The van der Waals surface area contributed by atoms with Gasteiger partial charge in [-0.15, -0.1) is 12.4 Å². The molecule has 0 radical (unpaired) electrons. The van der Waals surface area contributed by atoms with E-state index >= 15 is 0 Å². The molecule has 8 heteroatoms. The van der Waals surface area contributed by atoms with Gasteiger partial charge < -0.3 is 15.4 Å². The van der Waals surface area contributed by atoms with Crippen molar-refractivity contribution in [1.29, 1.82) is 0 Å². The highest BCUT2D eigenvalue weighted by molar-refractivity contribution is 6.32. The lowest BCUT2D eigenvalue weighted by Crippen LogP contribution is -2.35. The minimum absolute atomic E-state index is 0. The molecule has 1 saturated heterocycles. The Hall–Kier alpha value is -1.11. The fourth-order valence-corrected chi connectivity index (χ4v) is 2.29. The normalized spacial score (nSPS) is 21.0. The second-order valence-electron chi connectivity index (χ2n) is 4.97. The van der Waals surface area contributed by atoms with Crippen molar-refractivity contribution in [2.24, 2.45) is 5.41 Å². The molecule has 1 aromatic carbocycles. The number of hydrogen-bond donors (Lipinski definition) is 2. The maximum Gasteiger partial charge on any atom is 0.387 e. The monoisotopic (exact) mass is 340 g/mol. The summed E-state index contributed by atoms with van der Waals surface area (Å²) >= 11 is 5.83. The van der Waals surface area contributed by atoms with Crippen LogP contribution in [0.1, 0.15) is 13.3 Å². The van der Waals surface area contributed by atoms with Crippen LogP contribution in [0.25, 0.3) is 0 Å². The highest BCUT2D eigenvalue weighted by atomic mass is 35.5. The van der Waals surface area contributed by atoms with Crippen LogP contribution in [0.5, 0.6) is 5.75 Å². The number of carbonyl (C=O) groups excluding carboxylic acids is 1. The van der Waals surface area contributed by atoms with Crippen molar-refractivity contribution < 1.29 is 18.3 Å². The third-order valence-electron chi connectivity index (χ3n) is 3.32. The van der Waals surface area contributed by atoms with E-state index in [1.165, 1.54) is 18.2 Å². The summed E-state index contributed by atoms with van der Waals surface area (Å²) in [7, 11) is 0. The second-order valence-corrected chi connectivity index (χ2v) is 5.37. The Morgan fingerprint density at radius 1 is 1.52 bits per heavy atom. The maximum absolute atomic E-state index is 12.2. The van der Waals surface area contributed by atoms with Gasteiger partial charge in [0, 0.05) is 12.2 Å². The van der Waals surface area contributed by atoms with Crippen LogP contribution in [0.4, 0.5) is 14.5 Å². The van der Waals surface area contributed by atoms with E-state index in [0.29, 0.717) is 12.2 Å². The van der Waals surface area contributed by atoms with Gasteiger partial charge in [-0.1, -0.05) is 11.6 Å². The number of benzene rings is 1. The quantitative estimate of drug-likeness (QED) is 0.884. The van der Waals surface area contributed by atoms with E-state index in [1.807, 2.05) is 6.92 Å². The Balaban J connectivity index is 0.00000220. The molecular weight excluding hydrogens is 325 g/mol. The van der Waals surface area contributed by atoms with Crippen molar-refractivity contribution in [3.8, 4) is 5.75 Å². The van der Waals surface area contributed by atoms with E-state index in [9.17, 15) is 13.6 Å². The molecule has 1 aromatic rings.